The highest BCUT2D eigenvalue weighted by Gasteiger charge is 2.38. The van der Waals surface area contributed by atoms with E-state index in [-0.39, 0.29) is 0 Å². The van der Waals surface area contributed by atoms with Crippen LogP contribution in [-0.2, 0) is 6.18 Å². The van der Waals surface area contributed by atoms with Gasteiger partial charge in [-0.05, 0) is 18.2 Å². The van der Waals surface area contributed by atoms with Gasteiger partial charge in [0.2, 0.25) is 0 Å². The van der Waals surface area contributed by atoms with Crippen LogP contribution in [0.5, 0.6) is 0 Å². The number of nitrogens with zero attached hydrogens (tertiary/aromatic N) is 1. The Morgan fingerprint density at radius 3 is 2.29 bits per heavy atom. The lowest BCUT2D eigenvalue weighted by atomic mass is 9.74. The Kier molecular flexibility index (Phi) is 3.97. The van der Waals surface area contributed by atoms with Crippen LogP contribution in [0.15, 0.2) is 30.5 Å². The molecule has 0 aliphatic heterocycles. The second-order valence-corrected chi connectivity index (χ2v) is 4.09. The van der Waals surface area contributed by atoms with Gasteiger partial charge in [-0.15, -0.1) is 0 Å². The monoisotopic (exact) mass is 303 g/mol. The molecule has 0 aliphatic rings. The van der Waals surface area contributed by atoms with Crippen molar-refractivity contribution < 1.29 is 32.0 Å². The Morgan fingerprint density at radius 1 is 1.05 bits per heavy atom. The molecule has 9 heteroatoms. The highest BCUT2D eigenvalue weighted by Crippen LogP contribution is 2.31. The summed E-state index contributed by atoms with van der Waals surface area (Å²) in [7, 11) is -2.55. The van der Waals surface area contributed by atoms with Crippen LogP contribution in [0.4, 0.5) is 22.0 Å². The standard InChI is InChI=1S/C12H7BF5NO2/c14-8-3-1-2-6(10(8)15)11-9(13(20)21)7(4-5-19-11)12(16,17)18/h1-5,20-21H. The van der Waals surface area contributed by atoms with Crippen molar-refractivity contribution in [1.82, 2.24) is 4.98 Å². The van der Waals surface area contributed by atoms with E-state index in [9.17, 15) is 22.0 Å². The maximum Gasteiger partial charge on any atom is 0.491 e. The Balaban J connectivity index is 2.78. The quantitative estimate of drug-likeness (QED) is 0.656. The van der Waals surface area contributed by atoms with Crippen molar-refractivity contribution in [1.29, 1.82) is 0 Å². The molecule has 1 aromatic carbocycles. The zero-order chi connectivity index (χ0) is 15.8. The van der Waals surface area contributed by atoms with E-state index in [1.807, 2.05) is 0 Å². The van der Waals surface area contributed by atoms with E-state index in [4.69, 9.17) is 10.0 Å². The Labute approximate surface area is 115 Å². The van der Waals surface area contributed by atoms with Gasteiger partial charge in [-0.3, -0.25) is 4.98 Å². The summed E-state index contributed by atoms with van der Waals surface area (Å²) in [5.74, 6) is -2.71. The lowest BCUT2D eigenvalue weighted by Crippen LogP contribution is -2.38. The SMILES string of the molecule is OB(O)c1c(C(F)(F)F)ccnc1-c1cccc(F)c1F. The first-order chi connectivity index (χ1) is 9.73. The first kappa shape index (κ1) is 15.4. The molecule has 110 valence electrons. The lowest BCUT2D eigenvalue weighted by Gasteiger charge is -2.16. The molecular weight excluding hydrogens is 296 g/mol. The number of halogens is 5. The first-order valence-electron chi connectivity index (χ1n) is 5.60. The molecule has 0 saturated heterocycles. The normalized spacial score (nSPS) is 11.6. The van der Waals surface area contributed by atoms with Crippen molar-refractivity contribution in [3.05, 3.63) is 47.7 Å². The van der Waals surface area contributed by atoms with E-state index in [2.05, 4.69) is 4.98 Å². The van der Waals surface area contributed by atoms with E-state index >= 15 is 0 Å². The summed E-state index contributed by atoms with van der Waals surface area (Å²) in [4.78, 5) is 3.52. The number of aromatic nitrogens is 1. The Morgan fingerprint density at radius 2 is 1.71 bits per heavy atom. The van der Waals surface area contributed by atoms with Crippen LogP contribution in [0.3, 0.4) is 0 Å². The van der Waals surface area contributed by atoms with Crippen LogP contribution < -0.4 is 5.46 Å². The Bertz CT molecular complexity index is 675. The summed E-state index contributed by atoms with van der Waals surface area (Å²) in [6.07, 6.45) is -4.17. The van der Waals surface area contributed by atoms with E-state index < -0.39 is 47.2 Å². The average molecular weight is 303 g/mol. The van der Waals surface area contributed by atoms with Crippen LogP contribution in [-0.4, -0.2) is 22.2 Å². The van der Waals surface area contributed by atoms with Crippen molar-refractivity contribution in [2.75, 3.05) is 0 Å². The van der Waals surface area contributed by atoms with Crippen LogP contribution in [0.1, 0.15) is 5.56 Å². The largest absolute Gasteiger partial charge is 0.491 e. The molecule has 0 atom stereocenters. The molecule has 0 aliphatic carbocycles. The molecular formula is C12H7BF5NO2. The lowest BCUT2D eigenvalue weighted by molar-refractivity contribution is -0.136. The van der Waals surface area contributed by atoms with E-state index in [1.54, 1.807) is 0 Å². The number of hydrogen-bond acceptors (Lipinski definition) is 3. The third-order valence-electron chi connectivity index (χ3n) is 2.76. The number of pyridine rings is 1. The number of alkyl halides is 3. The second kappa shape index (κ2) is 5.42. The maximum atomic E-state index is 13.7. The zero-order valence-corrected chi connectivity index (χ0v) is 10.2. The number of rotatable bonds is 2. The first-order valence-corrected chi connectivity index (χ1v) is 5.60. The molecule has 0 radical (unpaired) electrons. The predicted molar refractivity (Wildman–Crippen MR) is 64.4 cm³/mol. The van der Waals surface area contributed by atoms with Crippen LogP contribution >= 0.6 is 0 Å². The van der Waals surface area contributed by atoms with Gasteiger partial charge in [0.05, 0.1) is 11.3 Å². The van der Waals surface area contributed by atoms with E-state index in [1.165, 1.54) is 0 Å². The summed E-state index contributed by atoms with van der Waals surface area (Å²) in [5.41, 5.74) is -3.69. The van der Waals surface area contributed by atoms with Crippen molar-refractivity contribution >= 4 is 12.6 Å². The smallest absolute Gasteiger partial charge is 0.423 e. The fourth-order valence-electron chi connectivity index (χ4n) is 1.88. The highest BCUT2D eigenvalue weighted by atomic mass is 19.4. The molecule has 21 heavy (non-hydrogen) atoms. The molecule has 1 aromatic heterocycles. The van der Waals surface area contributed by atoms with Crippen LogP contribution in [0, 0.1) is 11.6 Å². The van der Waals surface area contributed by atoms with Gasteiger partial charge >= 0.3 is 13.3 Å². The van der Waals surface area contributed by atoms with Crippen LogP contribution in [0.25, 0.3) is 11.3 Å². The third-order valence-corrected chi connectivity index (χ3v) is 2.76. The predicted octanol–water partition coefficient (Wildman–Crippen LogP) is 1.73. The molecule has 0 amide bonds. The minimum Gasteiger partial charge on any atom is -0.423 e. The van der Waals surface area contributed by atoms with Gasteiger partial charge in [0.1, 0.15) is 0 Å². The molecule has 3 nitrogen and oxygen atoms in total. The Hall–Kier alpha value is -2.00. The molecule has 0 fully saturated rings. The van der Waals surface area contributed by atoms with Crippen molar-refractivity contribution in [3.63, 3.8) is 0 Å². The average Bonchev–Trinajstić information content (AvgIpc) is 2.40. The summed E-state index contributed by atoms with van der Waals surface area (Å²) >= 11 is 0. The van der Waals surface area contributed by atoms with Gasteiger partial charge in [0.25, 0.3) is 0 Å². The molecule has 0 saturated carbocycles. The van der Waals surface area contributed by atoms with Gasteiger partial charge in [-0.2, -0.15) is 13.2 Å². The van der Waals surface area contributed by atoms with E-state index in [0.29, 0.717) is 6.07 Å². The third kappa shape index (κ3) is 2.88. The molecule has 0 spiro atoms. The molecule has 2 N–H and O–H groups in total. The molecule has 2 rings (SSSR count). The number of benzene rings is 1. The van der Waals surface area contributed by atoms with Crippen molar-refractivity contribution in [3.8, 4) is 11.3 Å². The maximum absolute atomic E-state index is 13.7. The number of hydrogen-bond donors (Lipinski definition) is 2. The fourth-order valence-corrected chi connectivity index (χ4v) is 1.88. The molecule has 0 bridgehead atoms. The molecule has 1 heterocycles. The van der Waals surface area contributed by atoms with Crippen LogP contribution in [0.2, 0.25) is 0 Å². The van der Waals surface area contributed by atoms with Gasteiger partial charge in [0.15, 0.2) is 11.6 Å². The molecule has 0 unspecified atom stereocenters. The topological polar surface area (TPSA) is 53.4 Å². The fraction of sp³-hybridized carbons (Fsp3) is 0.0833. The highest BCUT2D eigenvalue weighted by molar-refractivity contribution is 6.61. The minimum atomic E-state index is -4.90. The van der Waals surface area contributed by atoms with Gasteiger partial charge in [-0.1, -0.05) is 6.07 Å². The summed E-state index contributed by atoms with van der Waals surface area (Å²) in [6, 6.07) is 3.37. The summed E-state index contributed by atoms with van der Waals surface area (Å²) in [6.45, 7) is 0. The molecule has 2 aromatic rings. The van der Waals surface area contributed by atoms with E-state index in [0.717, 1.165) is 24.4 Å². The minimum absolute atomic E-state index is 0.523. The van der Waals surface area contributed by atoms with Gasteiger partial charge < -0.3 is 10.0 Å². The summed E-state index contributed by atoms with van der Waals surface area (Å²) in [5, 5.41) is 18.3. The zero-order valence-electron chi connectivity index (χ0n) is 10.2. The summed E-state index contributed by atoms with van der Waals surface area (Å²) < 4.78 is 65.5. The van der Waals surface area contributed by atoms with Crippen molar-refractivity contribution in [2.45, 2.75) is 6.18 Å². The van der Waals surface area contributed by atoms with Crippen molar-refractivity contribution in [2.24, 2.45) is 0 Å². The van der Waals surface area contributed by atoms with Gasteiger partial charge in [0, 0.05) is 17.2 Å². The second-order valence-electron chi connectivity index (χ2n) is 4.09. The van der Waals surface area contributed by atoms with Gasteiger partial charge in [-0.25, -0.2) is 8.78 Å².